The summed E-state index contributed by atoms with van der Waals surface area (Å²) < 4.78 is 22.2. The molecule has 1 aliphatic heterocycles. The van der Waals surface area contributed by atoms with Gasteiger partial charge in [0.2, 0.25) is 21.8 Å². The van der Waals surface area contributed by atoms with Gasteiger partial charge in [0, 0.05) is 12.8 Å². The normalized spacial score (nSPS) is 16.5. The van der Waals surface area contributed by atoms with Crippen LogP contribution in [-0.2, 0) is 26.0 Å². The summed E-state index contributed by atoms with van der Waals surface area (Å²) in [7, 11) is -3.72. The average molecular weight is 338 g/mol. The Morgan fingerprint density at radius 3 is 2.17 bits per heavy atom. The number of amides is 4. The molecule has 0 saturated carbocycles. The van der Waals surface area contributed by atoms with Gasteiger partial charge in [-0.05, 0) is 24.1 Å². The van der Waals surface area contributed by atoms with Crippen LogP contribution in [-0.4, -0.2) is 39.0 Å². The second-order valence-corrected chi connectivity index (χ2v) is 6.34. The highest BCUT2D eigenvalue weighted by molar-refractivity contribution is 7.89. The smallest absolute Gasteiger partial charge is 0.296 e. The molecule has 1 aromatic rings. The molecule has 23 heavy (non-hydrogen) atoms. The number of urea groups is 1. The second kappa shape index (κ2) is 6.67. The third kappa shape index (κ3) is 4.44. The SMILES string of the molecule is NS(=O)(=O)c1ccc(CCN=CC2C(=O)NC(=O)NC2=O)cc1. The number of benzene rings is 1. The monoisotopic (exact) mass is 338 g/mol. The van der Waals surface area contributed by atoms with E-state index in [-0.39, 0.29) is 4.90 Å². The highest BCUT2D eigenvalue weighted by Gasteiger charge is 2.32. The molecule has 0 atom stereocenters. The first-order chi connectivity index (χ1) is 10.8. The first-order valence-corrected chi connectivity index (χ1v) is 8.09. The van der Waals surface area contributed by atoms with E-state index in [1.54, 1.807) is 12.1 Å². The topological polar surface area (TPSA) is 148 Å². The first-order valence-electron chi connectivity index (χ1n) is 6.55. The van der Waals surface area contributed by atoms with Crippen molar-refractivity contribution in [3.05, 3.63) is 29.8 Å². The molecular weight excluding hydrogens is 324 g/mol. The van der Waals surface area contributed by atoms with E-state index < -0.39 is 33.8 Å². The molecule has 1 aliphatic rings. The highest BCUT2D eigenvalue weighted by atomic mass is 32.2. The summed E-state index contributed by atoms with van der Waals surface area (Å²) in [6, 6.07) is 5.14. The zero-order chi connectivity index (χ0) is 17.0. The number of nitrogens with one attached hydrogen (secondary N) is 2. The number of nitrogens with zero attached hydrogens (tertiary/aromatic N) is 1. The Bertz CT molecular complexity index is 750. The zero-order valence-electron chi connectivity index (χ0n) is 11.9. The molecule has 1 fully saturated rings. The van der Waals surface area contributed by atoms with Gasteiger partial charge in [-0.15, -0.1) is 0 Å². The Hall–Kier alpha value is -2.59. The van der Waals surface area contributed by atoms with Gasteiger partial charge in [-0.2, -0.15) is 0 Å². The summed E-state index contributed by atoms with van der Waals surface area (Å²) in [5.41, 5.74) is 0.822. The van der Waals surface area contributed by atoms with Gasteiger partial charge in [0.15, 0.2) is 5.92 Å². The van der Waals surface area contributed by atoms with E-state index in [2.05, 4.69) is 4.99 Å². The number of carbonyl (C=O) groups excluding carboxylic acids is 3. The van der Waals surface area contributed by atoms with Crippen LogP contribution in [0.4, 0.5) is 4.79 Å². The van der Waals surface area contributed by atoms with Crippen LogP contribution in [0.1, 0.15) is 5.56 Å². The van der Waals surface area contributed by atoms with Crippen LogP contribution in [0.3, 0.4) is 0 Å². The molecule has 4 N–H and O–H groups in total. The number of sulfonamides is 1. The van der Waals surface area contributed by atoms with Crippen LogP contribution in [0, 0.1) is 5.92 Å². The zero-order valence-corrected chi connectivity index (χ0v) is 12.7. The summed E-state index contributed by atoms with van der Waals surface area (Å²) in [6.07, 6.45) is 1.66. The summed E-state index contributed by atoms with van der Waals surface area (Å²) in [4.78, 5) is 37.8. The summed E-state index contributed by atoms with van der Waals surface area (Å²) in [5, 5.41) is 8.93. The molecule has 0 aromatic heterocycles. The predicted molar refractivity (Wildman–Crippen MR) is 80.0 cm³/mol. The Morgan fingerprint density at radius 2 is 1.65 bits per heavy atom. The quantitative estimate of drug-likeness (QED) is 0.462. The number of imide groups is 2. The second-order valence-electron chi connectivity index (χ2n) is 4.78. The standard InChI is InChI=1S/C13H14N4O5S/c14-23(21,22)9-3-1-8(2-4-9)5-6-15-7-10-11(18)16-13(20)17-12(10)19/h1-4,7,10H,5-6H2,(H2,14,21,22)(H2,16,17,18,19,20). The molecule has 1 aromatic carbocycles. The van der Waals surface area contributed by atoms with Crippen molar-refractivity contribution in [3.63, 3.8) is 0 Å². The van der Waals surface area contributed by atoms with E-state index in [1.165, 1.54) is 18.3 Å². The van der Waals surface area contributed by atoms with Crippen LogP contribution in [0.15, 0.2) is 34.2 Å². The van der Waals surface area contributed by atoms with E-state index in [4.69, 9.17) is 5.14 Å². The number of carbonyl (C=O) groups is 3. The van der Waals surface area contributed by atoms with Gasteiger partial charge in [-0.1, -0.05) is 12.1 Å². The van der Waals surface area contributed by atoms with Crippen molar-refractivity contribution >= 4 is 34.1 Å². The van der Waals surface area contributed by atoms with Crippen LogP contribution in [0.2, 0.25) is 0 Å². The summed E-state index contributed by atoms with van der Waals surface area (Å²) in [5.74, 6) is -2.59. The molecule has 0 spiro atoms. The Balaban J connectivity index is 1.91. The molecule has 1 heterocycles. The van der Waals surface area contributed by atoms with Crippen molar-refractivity contribution in [3.8, 4) is 0 Å². The lowest BCUT2D eigenvalue weighted by Crippen LogP contribution is -2.56. The van der Waals surface area contributed by atoms with Crippen molar-refractivity contribution in [1.82, 2.24) is 10.6 Å². The fourth-order valence-electron chi connectivity index (χ4n) is 1.88. The first kappa shape index (κ1) is 16.8. The molecule has 0 radical (unpaired) electrons. The van der Waals surface area contributed by atoms with Gasteiger partial charge in [-0.3, -0.25) is 25.2 Å². The van der Waals surface area contributed by atoms with E-state index in [9.17, 15) is 22.8 Å². The van der Waals surface area contributed by atoms with Gasteiger partial charge >= 0.3 is 6.03 Å². The minimum atomic E-state index is -3.72. The minimum absolute atomic E-state index is 0.0185. The van der Waals surface area contributed by atoms with Gasteiger partial charge in [-0.25, -0.2) is 18.4 Å². The lowest BCUT2D eigenvalue weighted by Gasteiger charge is -2.16. The largest absolute Gasteiger partial charge is 0.328 e. The highest BCUT2D eigenvalue weighted by Crippen LogP contribution is 2.09. The number of primary sulfonamides is 1. The maximum atomic E-state index is 11.5. The van der Waals surface area contributed by atoms with Crippen LogP contribution >= 0.6 is 0 Å². The maximum Gasteiger partial charge on any atom is 0.328 e. The molecule has 10 heteroatoms. The average Bonchev–Trinajstić information content (AvgIpc) is 2.45. The van der Waals surface area contributed by atoms with Crippen LogP contribution in [0.25, 0.3) is 0 Å². The lowest BCUT2D eigenvalue weighted by molar-refractivity contribution is -0.132. The fourth-order valence-corrected chi connectivity index (χ4v) is 2.40. The third-order valence-electron chi connectivity index (χ3n) is 3.07. The molecule has 1 saturated heterocycles. The van der Waals surface area contributed by atoms with Crippen molar-refractivity contribution in [1.29, 1.82) is 0 Å². The van der Waals surface area contributed by atoms with E-state index >= 15 is 0 Å². The Kier molecular flexibility index (Phi) is 4.86. The minimum Gasteiger partial charge on any atom is -0.296 e. The molecular formula is C13H14N4O5S. The number of nitrogens with two attached hydrogens (primary N) is 1. The number of barbiturate groups is 1. The van der Waals surface area contributed by atoms with E-state index in [1.807, 2.05) is 10.6 Å². The molecule has 2 rings (SSSR count). The maximum absolute atomic E-state index is 11.5. The Labute approximate surface area is 132 Å². The van der Waals surface area contributed by atoms with Gasteiger partial charge in [0.25, 0.3) is 0 Å². The molecule has 122 valence electrons. The van der Waals surface area contributed by atoms with Gasteiger partial charge in [0.05, 0.1) is 4.90 Å². The van der Waals surface area contributed by atoms with Crippen molar-refractivity contribution in [2.24, 2.45) is 16.0 Å². The van der Waals surface area contributed by atoms with Crippen molar-refractivity contribution in [2.75, 3.05) is 6.54 Å². The van der Waals surface area contributed by atoms with E-state index in [0.717, 1.165) is 5.56 Å². The molecule has 4 amide bonds. The lowest BCUT2D eigenvalue weighted by atomic mass is 10.1. The molecule has 0 unspecified atom stereocenters. The van der Waals surface area contributed by atoms with Crippen LogP contribution in [0.5, 0.6) is 0 Å². The number of hydrogen-bond donors (Lipinski definition) is 3. The van der Waals surface area contributed by atoms with Crippen molar-refractivity contribution in [2.45, 2.75) is 11.3 Å². The number of hydrogen-bond acceptors (Lipinski definition) is 6. The summed E-state index contributed by atoms with van der Waals surface area (Å²) in [6.45, 7) is 0.291. The molecule has 9 nitrogen and oxygen atoms in total. The molecule has 0 aliphatic carbocycles. The van der Waals surface area contributed by atoms with E-state index in [0.29, 0.717) is 13.0 Å². The third-order valence-corrected chi connectivity index (χ3v) is 4.00. The Morgan fingerprint density at radius 1 is 1.09 bits per heavy atom. The molecule has 0 bridgehead atoms. The number of aliphatic imine (C=N–C) groups is 1. The number of rotatable bonds is 5. The fraction of sp³-hybridized carbons (Fsp3) is 0.231. The predicted octanol–water partition coefficient (Wildman–Crippen LogP) is -1.07. The van der Waals surface area contributed by atoms with Gasteiger partial charge in [0.1, 0.15) is 0 Å². The van der Waals surface area contributed by atoms with Gasteiger partial charge < -0.3 is 0 Å². The van der Waals surface area contributed by atoms with Crippen LogP contribution < -0.4 is 15.8 Å². The van der Waals surface area contributed by atoms with Crippen molar-refractivity contribution < 1.29 is 22.8 Å². The summed E-state index contributed by atoms with van der Waals surface area (Å²) >= 11 is 0.